The molecule has 0 aliphatic heterocycles. The molecule has 0 aromatic heterocycles. The third-order valence-corrected chi connectivity index (χ3v) is 1.86. The number of benzene rings is 1. The molecule has 0 bridgehead atoms. The van der Waals surface area contributed by atoms with Gasteiger partial charge in [-0.2, -0.15) is 0 Å². The summed E-state index contributed by atoms with van der Waals surface area (Å²) in [6, 6.07) is 7.27. The monoisotopic (exact) mass is 166 g/mol. The van der Waals surface area contributed by atoms with Gasteiger partial charge in [0.05, 0.1) is 6.61 Å². The Labute approximate surface area is 72.8 Å². The smallest absolute Gasteiger partial charge is 0.115 e. The van der Waals surface area contributed by atoms with Gasteiger partial charge < -0.3 is 9.84 Å². The number of hydrogen-bond donors (Lipinski definition) is 1. The first kappa shape index (κ1) is 9.07. The number of aromatic hydroxyl groups is 1. The second-order valence-corrected chi connectivity index (χ2v) is 2.95. The molecule has 0 saturated heterocycles. The molecule has 1 unspecified atom stereocenters. The molecule has 1 rings (SSSR count). The summed E-state index contributed by atoms with van der Waals surface area (Å²) in [5, 5.41) is 9.19. The lowest BCUT2D eigenvalue weighted by Crippen LogP contribution is -2.01. The number of phenols is 1. The maximum atomic E-state index is 9.19. The van der Waals surface area contributed by atoms with Crippen LogP contribution < -0.4 is 0 Å². The summed E-state index contributed by atoms with van der Waals surface area (Å²) in [6.07, 6.45) is 0. The van der Waals surface area contributed by atoms with Gasteiger partial charge in [-0.1, -0.05) is 19.1 Å². The van der Waals surface area contributed by atoms with Crippen LogP contribution in [0.3, 0.4) is 0 Å². The molecule has 0 spiro atoms. The molecule has 0 fully saturated rings. The van der Waals surface area contributed by atoms with E-state index < -0.39 is 0 Å². The molecule has 0 amide bonds. The van der Waals surface area contributed by atoms with Gasteiger partial charge >= 0.3 is 0 Å². The predicted molar refractivity (Wildman–Crippen MR) is 48.4 cm³/mol. The molecule has 0 heterocycles. The highest BCUT2D eigenvalue weighted by Gasteiger charge is 2.04. The maximum Gasteiger partial charge on any atom is 0.115 e. The zero-order chi connectivity index (χ0) is 8.97. The quantitative estimate of drug-likeness (QED) is 0.745. The number of hydrogen-bond acceptors (Lipinski definition) is 2. The van der Waals surface area contributed by atoms with E-state index in [4.69, 9.17) is 4.74 Å². The van der Waals surface area contributed by atoms with Gasteiger partial charge in [-0.3, -0.25) is 0 Å². The van der Waals surface area contributed by atoms with E-state index in [1.54, 1.807) is 19.2 Å². The average molecular weight is 166 g/mol. The molecule has 0 aliphatic carbocycles. The van der Waals surface area contributed by atoms with E-state index in [0.29, 0.717) is 18.3 Å². The molecule has 2 nitrogen and oxygen atoms in total. The third kappa shape index (κ3) is 2.24. The Hall–Kier alpha value is -1.02. The van der Waals surface area contributed by atoms with Crippen molar-refractivity contribution in [1.82, 2.24) is 0 Å². The number of rotatable bonds is 3. The van der Waals surface area contributed by atoms with Gasteiger partial charge in [0, 0.05) is 13.0 Å². The van der Waals surface area contributed by atoms with Gasteiger partial charge in [-0.15, -0.1) is 0 Å². The van der Waals surface area contributed by atoms with Crippen molar-refractivity contribution in [1.29, 1.82) is 0 Å². The highest BCUT2D eigenvalue weighted by molar-refractivity contribution is 5.29. The summed E-state index contributed by atoms with van der Waals surface area (Å²) in [4.78, 5) is 0. The average Bonchev–Trinajstić information content (AvgIpc) is 2.05. The summed E-state index contributed by atoms with van der Waals surface area (Å²) in [5.41, 5.74) is 1.11. The molecule has 0 aliphatic rings. The Morgan fingerprint density at radius 1 is 1.50 bits per heavy atom. The molecule has 0 radical (unpaired) electrons. The van der Waals surface area contributed by atoms with Crippen LogP contribution in [0.15, 0.2) is 24.3 Å². The van der Waals surface area contributed by atoms with Gasteiger partial charge in [0.2, 0.25) is 0 Å². The fourth-order valence-corrected chi connectivity index (χ4v) is 1.18. The van der Waals surface area contributed by atoms with E-state index in [1.807, 2.05) is 12.1 Å². The standard InChI is InChI=1S/C10H14O2/c1-8(7-12-2)9-4-3-5-10(11)6-9/h3-6,8,11H,7H2,1-2H3. The first-order valence-electron chi connectivity index (χ1n) is 4.02. The summed E-state index contributed by atoms with van der Waals surface area (Å²) >= 11 is 0. The lowest BCUT2D eigenvalue weighted by molar-refractivity contribution is 0.184. The van der Waals surface area contributed by atoms with Crippen LogP contribution in [0.25, 0.3) is 0 Å². The molecule has 66 valence electrons. The molecule has 1 aromatic carbocycles. The van der Waals surface area contributed by atoms with Crippen LogP contribution in [0.4, 0.5) is 0 Å². The lowest BCUT2D eigenvalue weighted by atomic mass is 10.0. The largest absolute Gasteiger partial charge is 0.508 e. The van der Waals surface area contributed by atoms with Crippen molar-refractivity contribution >= 4 is 0 Å². The van der Waals surface area contributed by atoms with Crippen LogP contribution >= 0.6 is 0 Å². The van der Waals surface area contributed by atoms with E-state index in [2.05, 4.69) is 6.92 Å². The second-order valence-electron chi connectivity index (χ2n) is 2.95. The Morgan fingerprint density at radius 2 is 2.25 bits per heavy atom. The van der Waals surface area contributed by atoms with E-state index in [0.717, 1.165) is 5.56 Å². The van der Waals surface area contributed by atoms with Crippen LogP contribution in [0.5, 0.6) is 5.75 Å². The number of methoxy groups -OCH3 is 1. The van der Waals surface area contributed by atoms with Crippen molar-refractivity contribution in [2.24, 2.45) is 0 Å². The fraction of sp³-hybridized carbons (Fsp3) is 0.400. The predicted octanol–water partition coefficient (Wildman–Crippen LogP) is 2.14. The van der Waals surface area contributed by atoms with Gasteiger partial charge in [0.1, 0.15) is 5.75 Å². The summed E-state index contributed by atoms with van der Waals surface area (Å²) in [7, 11) is 1.68. The van der Waals surface area contributed by atoms with Crippen LogP contribution in [-0.2, 0) is 4.74 Å². The van der Waals surface area contributed by atoms with Crippen molar-refractivity contribution in [2.45, 2.75) is 12.8 Å². The summed E-state index contributed by atoms with van der Waals surface area (Å²) in [6.45, 7) is 2.75. The van der Waals surface area contributed by atoms with E-state index in [1.165, 1.54) is 0 Å². The molecule has 1 N–H and O–H groups in total. The van der Waals surface area contributed by atoms with Crippen LogP contribution in [0.1, 0.15) is 18.4 Å². The summed E-state index contributed by atoms with van der Waals surface area (Å²) in [5.74, 6) is 0.651. The SMILES string of the molecule is COCC(C)c1cccc(O)c1. The van der Waals surface area contributed by atoms with Gasteiger partial charge in [-0.25, -0.2) is 0 Å². The van der Waals surface area contributed by atoms with Crippen molar-refractivity contribution in [3.05, 3.63) is 29.8 Å². The molecule has 1 atom stereocenters. The van der Waals surface area contributed by atoms with Crippen LogP contribution in [0.2, 0.25) is 0 Å². The first-order valence-corrected chi connectivity index (χ1v) is 4.02. The molecular weight excluding hydrogens is 152 g/mol. The Balaban J connectivity index is 2.73. The van der Waals surface area contributed by atoms with Crippen molar-refractivity contribution in [2.75, 3.05) is 13.7 Å². The fourth-order valence-electron chi connectivity index (χ4n) is 1.18. The minimum atomic E-state index is 0.315. The maximum absolute atomic E-state index is 9.19. The van der Waals surface area contributed by atoms with E-state index >= 15 is 0 Å². The topological polar surface area (TPSA) is 29.5 Å². The van der Waals surface area contributed by atoms with Gasteiger partial charge in [0.25, 0.3) is 0 Å². The molecule has 2 heteroatoms. The number of ether oxygens (including phenoxy) is 1. The lowest BCUT2D eigenvalue weighted by Gasteiger charge is -2.10. The molecule has 1 aromatic rings. The highest BCUT2D eigenvalue weighted by Crippen LogP contribution is 2.19. The molecule has 0 saturated carbocycles. The van der Waals surface area contributed by atoms with Gasteiger partial charge in [-0.05, 0) is 17.7 Å². The number of phenolic OH excluding ortho intramolecular Hbond substituents is 1. The van der Waals surface area contributed by atoms with E-state index in [9.17, 15) is 5.11 Å². The second kappa shape index (κ2) is 4.12. The van der Waals surface area contributed by atoms with Gasteiger partial charge in [0.15, 0.2) is 0 Å². The van der Waals surface area contributed by atoms with Crippen molar-refractivity contribution < 1.29 is 9.84 Å². The Morgan fingerprint density at radius 3 is 2.83 bits per heavy atom. The zero-order valence-electron chi connectivity index (χ0n) is 7.45. The first-order chi connectivity index (χ1) is 5.74. The van der Waals surface area contributed by atoms with Crippen LogP contribution in [0, 0.1) is 0 Å². The minimum absolute atomic E-state index is 0.315. The van der Waals surface area contributed by atoms with Crippen LogP contribution in [-0.4, -0.2) is 18.8 Å². The molecule has 12 heavy (non-hydrogen) atoms. The Bertz CT molecular complexity index is 245. The molecular formula is C10H14O2. The zero-order valence-corrected chi connectivity index (χ0v) is 7.45. The summed E-state index contributed by atoms with van der Waals surface area (Å²) < 4.78 is 5.02. The Kier molecular flexibility index (Phi) is 3.11. The van der Waals surface area contributed by atoms with Crippen molar-refractivity contribution in [3.8, 4) is 5.75 Å². The van der Waals surface area contributed by atoms with Crippen molar-refractivity contribution in [3.63, 3.8) is 0 Å². The third-order valence-electron chi connectivity index (χ3n) is 1.86. The highest BCUT2D eigenvalue weighted by atomic mass is 16.5. The minimum Gasteiger partial charge on any atom is -0.508 e. The van der Waals surface area contributed by atoms with E-state index in [-0.39, 0.29) is 0 Å². The normalized spacial score (nSPS) is 12.8.